The molecule has 3 unspecified atom stereocenters. The molecule has 1 saturated carbocycles. The number of carboxylic acid groups (broad SMARTS) is 1. The number of rotatable bonds is 4. The van der Waals surface area contributed by atoms with Crippen molar-refractivity contribution in [1.29, 1.82) is 0 Å². The van der Waals surface area contributed by atoms with Gasteiger partial charge in [0.2, 0.25) is 0 Å². The normalized spacial score (nSPS) is 33.3. The Kier molecular flexibility index (Phi) is 3.95. The Morgan fingerprint density at radius 2 is 2.40 bits per heavy atom. The SMILES string of the molecule is C=CC(C)C1(C(=O)O)CCCC(CC)C1. The van der Waals surface area contributed by atoms with E-state index in [9.17, 15) is 9.90 Å². The second kappa shape index (κ2) is 4.82. The van der Waals surface area contributed by atoms with Crippen molar-refractivity contribution < 1.29 is 9.90 Å². The Morgan fingerprint density at radius 3 is 2.87 bits per heavy atom. The molecule has 0 aromatic carbocycles. The fourth-order valence-electron chi connectivity index (χ4n) is 2.80. The van der Waals surface area contributed by atoms with Crippen LogP contribution >= 0.6 is 0 Å². The van der Waals surface area contributed by atoms with Gasteiger partial charge in [-0.3, -0.25) is 4.79 Å². The van der Waals surface area contributed by atoms with Crippen molar-refractivity contribution in [2.75, 3.05) is 0 Å². The van der Waals surface area contributed by atoms with Crippen LogP contribution in [0.15, 0.2) is 12.7 Å². The number of hydrogen-bond donors (Lipinski definition) is 1. The van der Waals surface area contributed by atoms with E-state index >= 15 is 0 Å². The molecule has 15 heavy (non-hydrogen) atoms. The van der Waals surface area contributed by atoms with Gasteiger partial charge in [-0.05, 0) is 24.7 Å². The summed E-state index contributed by atoms with van der Waals surface area (Å²) in [4.78, 5) is 11.5. The van der Waals surface area contributed by atoms with Crippen molar-refractivity contribution >= 4 is 5.97 Å². The van der Waals surface area contributed by atoms with E-state index in [2.05, 4.69) is 13.5 Å². The van der Waals surface area contributed by atoms with Gasteiger partial charge in [-0.25, -0.2) is 0 Å². The molecule has 0 amide bonds. The quantitative estimate of drug-likeness (QED) is 0.721. The Labute approximate surface area is 92.4 Å². The topological polar surface area (TPSA) is 37.3 Å². The van der Waals surface area contributed by atoms with Crippen LogP contribution in [0.2, 0.25) is 0 Å². The number of aliphatic carboxylic acids is 1. The van der Waals surface area contributed by atoms with Gasteiger partial charge in [0.05, 0.1) is 5.41 Å². The van der Waals surface area contributed by atoms with Crippen LogP contribution in [-0.2, 0) is 4.79 Å². The van der Waals surface area contributed by atoms with Crippen molar-refractivity contribution in [3.8, 4) is 0 Å². The third-order valence-electron chi connectivity index (χ3n) is 4.12. The summed E-state index contributed by atoms with van der Waals surface area (Å²) in [5.41, 5.74) is -0.541. The van der Waals surface area contributed by atoms with Crippen molar-refractivity contribution in [3.63, 3.8) is 0 Å². The van der Waals surface area contributed by atoms with Crippen molar-refractivity contribution in [2.24, 2.45) is 17.3 Å². The Balaban J connectivity index is 2.89. The lowest BCUT2D eigenvalue weighted by atomic mass is 9.63. The van der Waals surface area contributed by atoms with E-state index in [1.165, 1.54) is 6.42 Å². The van der Waals surface area contributed by atoms with Gasteiger partial charge in [-0.1, -0.05) is 39.2 Å². The summed E-state index contributed by atoms with van der Waals surface area (Å²) in [6, 6.07) is 0. The Hall–Kier alpha value is -0.790. The summed E-state index contributed by atoms with van der Waals surface area (Å²) >= 11 is 0. The van der Waals surface area contributed by atoms with E-state index in [4.69, 9.17) is 0 Å². The largest absolute Gasteiger partial charge is 0.481 e. The van der Waals surface area contributed by atoms with E-state index in [0.29, 0.717) is 5.92 Å². The van der Waals surface area contributed by atoms with Gasteiger partial charge >= 0.3 is 5.97 Å². The molecule has 0 aliphatic heterocycles. The lowest BCUT2D eigenvalue weighted by Gasteiger charge is -2.40. The second-order valence-electron chi connectivity index (χ2n) is 4.86. The maximum Gasteiger partial charge on any atom is 0.310 e. The zero-order valence-corrected chi connectivity index (χ0v) is 9.83. The first-order valence-electron chi connectivity index (χ1n) is 5.92. The van der Waals surface area contributed by atoms with Gasteiger partial charge in [0, 0.05) is 0 Å². The summed E-state index contributed by atoms with van der Waals surface area (Å²) in [7, 11) is 0. The molecule has 2 nitrogen and oxygen atoms in total. The first-order chi connectivity index (χ1) is 7.06. The molecule has 0 radical (unpaired) electrons. The van der Waals surface area contributed by atoms with Gasteiger partial charge in [-0.15, -0.1) is 6.58 Å². The van der Waals surface area contributed by atoms with E-state index in [-0.39, 0.29) is 5.92 Å². The van der Waals surface area contributed by atoms with Gasteiger partial charge in [0.1, 0.15) is 0 Å². The number of allylic oxidation sites excluding steroid dienone is 1. The van der Waals surface area contributed by atoms with E-state index < -0.39 is 11.4 Å². The predicted octanol–water partition coefficient (Wildman–Crippen LogP) is 3.48. The van der Waals surface area contributed by atoms with E-state index in [0.717, 1.165) is 25.7 Å². The van der Waals surface area contributed by atoms with Crippen molar-refractivity contribution in [3.05, 3.63) is 12.7 Å². The lowest BCUT2D eigenvalue weighted by molar-refractivity contribution is -0.155. The van der Waals surface area contributed by atoms with Crippen molar-refractivity contribution in [1.82, 2.24) is 0 Å². The van der Waals surface area contributed by atoms with E-state index in [1.54, 1.807) is 6.08 Å². The smallest absolute Gasteiger partial charge is 0.310 e. The molecule has 0 heterocycles. The van der Waals surface area contributed by atoms with E-state index in [1.807, 2.05) is 6.92 Å². The Bertz CT molecular complexity index is 247. The Morgan fingerprint density at radius 1 is 1.73 bits per heavy atom. The highest BCUT2D eigenvalue weighted by atomic mass is 16.4. The molecule has 2 heteroatoms. The highest BCUT2D eigenvalue weighted by molar-refractivity contribution is 5.75. The van der Waals surface area contributed by atoms with Crippen LogP contribution < -0.4 is 0 Å². The first kappa shape index (κ1) is 12.3. The van der Waals surface area contributed by atoms with Crippen molar-refractivity contribution in [2.45, 2.75) is 46.0 Å². The molecule has 0 aromatic heterocycles. The first-order valence-corrected chi connectivity index (χ1v) is 5.92. The molecule has 1 rings (SSSR count). The summed E-state index contributed by atoms with van der Waals surface area (Å²) in [5, 5.41) is 9.46. The fourth-order valence-corrected chi connectivity index (χ4v) is 2.80. The molecule has 1 aliphatic carbocycles. The minimum atomic E-state index is -0.631. The molecule has 0 bridgehead atoms. The van der Waals surface area contributed by atoms with Crippen LogP contribution in [0.3, 0.4) is 0 Å². The molecule has 86 valence electrons. The van der Waals surface area contributed by atoms with Gasteiger partial charge < -0.3 is 5.11 Å². The molecule has 1 aliphatic rings. The summed E-state index contributed by atoms with van der Waals surface area (Å²) in [6.07, 6.45) is 6.77. The minimum absolute atomic E-state index is 0.0735. The monoisotopic (exact) mass is 210 g/mol. The zero-order chi connectivity index (χ0) is 11.5. The summed E-state index contributed by atoms with van der Waals surface area (Å²) in [5.74, 6) is 0.0228. The molecule has 1 N–H and O–H groups in total. The molecular weight excluding hydrogens is 188 g/mol. The maximum absolute atomic E-state index is 11.5. The number of hydrogen-bond acceptors (Lipinski definition) is 1. The average Bonchev–Trinajstić information content (AvgIpc) is 2.27. The van der Waals surface area contributed by atoms with Crippen LogP contribution in [0, 0.1) is 17.3 Å². The highest BCUT2D eigenvalue weighted by Crippen LogP contribution is 2.46. The molecule has 0 spiro atoms. The third-order valence-corrected chi connectivity index (χ3v) is 4.12. The minimum Gasteiger partial charge on any atom is -0.481 e. The number of carbonyl (C=O) groups is 1. The predicted molar refractivity (Wildman–Crippen MR) is 61.7 cm³/mol. The molecule has 0 aromatic rings. The maximum atomic E-state index is 11.5. The van der Waals surface area contributed by atoms with Gasteiger partial charge in [0.15, 0.2) is 0 Å². The van der Waals surface area contributed by atoms with Gasteiger partial charge in [0.25, 0.3) is 0 Å². The van der Waals surface area contributed by atoms with Crippen LogP contribution in [0.1, 0.15) is 46.0 Å². The number of carboxylic acids is 1. The van der Waals surface area contributed by atoms with Crippen LogP contribution in [0.5, 0.6) is 0 Å². The lowest BCUT2D eigenvalue weighted by Crippen LogP contribution is -2.41. The third kappa shape index (κ3) is 2.24. The highest BCUT2D eigenvalue weighted by Gasteiger charge is 2.45. The van der Waals surface area contributed by atoms with Crippen LogP contribution in [0.25, 0.3) is 0 Å². The summed E-state index contributed by atoms with van der Waals surface area (Å²) < 4.78 is 0. The zero-order valence-electron chi connectivity index (χ0n) is 9.83. The molecule has 3 atom stereocenters. The summed E-state index contributed by atoms with van der Waals surface area (Å²) in [6.45, 7) is 7.89. The molecule has 0 saturated heterocycles. The average molecular weight is 210 g/mol. The second-order valence-corrected chi connectivity index (χ2v) is 4.86. The standard InChI is InChI=1S/C13H22O2/c1-4-10(3)13(12(14)15)8-6-7-11(5-2)9-13/h4,10-11H,1,5-9H2,2-3H3,(H,14,15). The molecular formula is C13H22O2. The van der Waals surface area contributed by atoms with Crippen LogP contribution in [0.4, 0.5) is 0 Å². The van der Waals surface area contributed by atoms with Gasteiger partial charge in [-0.2, -0.15) is 0 Å². The van der Waals surface area contributed by atoms with Crippen LogP contribution in [-0.4, -0.2) is 11.1 Å². The molecule has 1 fully saturated rings. The fraction of sp³-hybridized carbons (Fsp3) is 0.769.